The van der Waals surface area contributed by atoms with E-state index >= 15 is 0 Å². The Balaban J connectivity index is 2.10. The molecule has 1 amide bonds. The molecule has 6 heteroatoms. The number of hydrogen-bond acceptors (Lipinski definition) is 4. The molecular formula is C13H19BrN2O3. The molecule has 0 unspecified atom stereocenters. The van der Waals surface area contributed by atoms with Crippen LogP contribution in [0, 0.1) is 0 Å². The smallest absolute Gasteiger partial charge is 0.271 e. The van der Waals surface area contributed by atoms with Crippen LogP contribution in [0.1, 0.15) is 23.3 Å². The monoisotopic (exact) mass is 330 g/mol. The summed E-state index contributed by atoms with van der Waals surface area (Å²) >= 11 is 3.30. The third-order valence-corrected chi connectivity index (χ3v) is 3.05. The van der Waals surface area contributed by atoms with Gasteiger partial charge in [-0.15, -0.1) is 0 Å². The lowest BCUT2D eigenvalue weighted by atomic mass is 10.3. The van der Waals surface area contributed by atoms with E-state index < -0.39 is 0 Å². The number of nitrogens with one attached hydrogen (secondary N) is 1. The van der Waals surface area contributed by atoms with Gasteiger partial charge in [-0.3, -0.25) is 4.79 Å². The minimum atomic E-state index is -0.159. The van der Waals surface area contributed by atoms with E-state index in [4.69, 9.17) is 9.47 Å². The number of amides is 1. The predicted octanol–water partition coefficient (Wildman–Crippen LogP) is 2.02. The first-order valence-electron chi connectivity index (χ1n) is 6.21. The molecule has 0 saturated carbocycles. The van der Waals surface area contributed by atoms with Gasteiger partial charge >= 0.3 is 0 Å². The lowest BCUT2D eigenvalue weighted by molar-refractivity contribution is 0.0686. The molecule has 0 aromatic carbocycles. The topological polar surface area (TPSA) is 60.5 Å². The van der Waals surface area contributed by atoms with Gasteiger partial charge < -0.3 is 14.8 Å². The predicted molar refractivity (Wildman–Crippen MR) is 76.2 cm³/mol. The Bertz CT molecular complexity index is 388. The lowest BCUT2D eigenvalue weighted by Gasteiger charge is -2.06. The summed E-state index contributed by atoms with van der Waals surface area (Å²) in [6.07, 6.45) is 3.39. The van der Waals surface area contributed by atoms with Crippen LogP contribution in [0.15, 0.2) is 22.8 Å². The normalized spacial score (nSPS) is 10.4. The van der Waals surface area contributed by atoms with E-state index in [1.165, 1.54) is 0 Å². The minimum Gasteiger partial charge on any atom is -0.382 e. The van der Waals surface area contributed by atoms with Crippen LogP contribution in [0.5, 0.6) is 0 Å². The van der Waals surface area contributed by atoms with Crippen LogP contribution < -0.4 is 5.32 Å². The van der Waals surface area contributed by atoms with Crippen LogP contribution >= 0.6 is 15.9 Å². The maximum absolute atomic E-state index is 11.8. The van der Waals surface area contributed by atoms with Crippen LogP contribution in [0.3, 0.4) is 0 Å². The number of halogens is 1. The second kappa shape index (κ2) is 9.89. The molecule has 1 N–H and O–H groups in total. The summed E-state index contributed by atoms with van der Waals surface area (Å²) in [5, 5.41) is 2.83. The van der Waals surface area contributed by atoms with E-state index in [0.29, 0.717) is 36.5 Å². The Morgan fingerprint density at radius 2 is 2.21 bits per heavy atom. The molecule has 0 spiro atoms. The zero-order valence-corrected chi connectivity index (χ0v) is 12.6. The Morgan fingerprint density at radius 3 is 2.95 bits per heavy atom. The number of ether oxygens (including phenoxy) is 2. The third kappa shape index (κ3) is 6.66. The van der Waals surface area contributed by atoms with Gasteiger partial charge in [-0.2, -0.15) is 0 Å². The SMILES string of the molecule is COCCOCCCCNC(=O)c1ncccc1Br. The van der Waals surface area contributed by atoms with Crippen molar-refractivity contribution in [1.29, 1.82) is 0 Å². The first-order chi connectivity index (χ1) is 9.25. The van der Waals surface area contributed by atoms with Gasteiger partial charge in [0.05, 0.1) is 13.2 Å². The van der Waals surface area contributed by atoms with Crippen molar-refractivity contribution >= 4 is 21.8 Å². The first-order valence-corrected chi connectivity index (χ1v) is 7.00. The van der Waals surface area contributed by atoms with Gasteiger partial charge in [0.15, 0.2) is 0 Å². The zero-order chi connectivity index (χ0) is 13.9. The Hall–Kier alpha value is -0.980. The number of nitrogens with zero attached hydrogens (tertiary/aromatic N) is 1. The number of carbonyl (C=O) groups excluding carboxylic acids is 1. The second-order valence-electron chi connectivity index (χ2n) is 3.90. The molecule has 0 saturated heterocycles. The van der Waals surface area contributed by atoms with E-state index in [9.17, 15) is 4.79 Å². The van der Waals surface area contributed by atoms with Gasteiger partial charge in [-0.1, -0.05) is 0 Å². The van der Waals surface area contributed by atoms with Gasteiger partial charge in [0.25, 0.3) is 5.91 Å². The second-order valence-corrected chi connectivity index (χ2v) is 4.76. The molecule has 0 radical (unpaired) electrons. The molecule has 0 aliphatic carbocycles. The summed E-state index contributed by atoms with van der Waals surface area (Å²) in [5.41, 5.74) is 0.416. The molecule has 1 aromatic rings. The van der Waals surface area contributed by atoms with Crippen LogP contribution in [0.4, 0.5) is 0 Å². The average molecular weight is 331 g/mol. The largest absolute Gasteiger partial charge is 0.382 e. The molecule has 5 nitrogen and oxygen atoms in total. The molecule has 0 atom stereocenters. The third-order valence-electron chi connectivity index (χ3n) is 2.41. The van der Waals surface area contributed by atoms with Crippen LogP contribution in [0.2, 0.25) is 0 Å². The Labute approximate surface area is 121 Å². The minimum absolute atomic E-state index is 0.159. The molecular weight excluding hydrogens is 312 g/mol. The number of pyridine rings is 1. The highest BCUT2D eigenvalue weighted by Crippen LogP contribution is 2.12. The molecule has 106 valence electrons. The summed E-state index contributed by atoms with van der Waals surface area (Å²) in [6.45, 7) is 2.54. The number of carbonyl (C=O) groups is 1. The quantitative estimate of drug-likeness (QED) is 0.704. The molecule has 19 heavy (non-hydrogen) atoms. The molecule has 0 aliphatic rings. The van der Waals surface area contributed by atoms with Gasteiger partial charge in [-0.25, -0.2) is 4.98 Å². The number of hydrogen-bond donors (Lipinski definition) is 1. The number of aromatic nitrogens is 1. The molecule has 1 aromatic heterocycles. The van der Waals surface area contributed by atoms with Gasteiger partial charge in [-0.05, 0) is 40.9 Å². The van der Waals surface area contributed by atoms with E-state index in [1.807, 2.05) is 0 Å². The van der Waals surface area contributed by atoms with Crippen LogP contribution in [0.25, 0.3) is 0 Å². The van der Waals surface area contributed by atoms with Crippen molar-refractivity contribution in [2.45, 2.75) is 12.8 Å². The Kier molecular flexibility index (Phi) is 8.36. The summed E-state index contributed by atoms with van der Waals surface area (Å²) in [4.78, 5) is 15.8. The molecule has 0 fully saturated rings. The molecule has 1 heterocycles. The van der Waals surface area contributed by atoms with Crippen molar-refractivity contribution in [3.8, 4) is 0 Å². The van der Waals surface area contributed by atoms with Crippen molar-refractivity contribution < 1.29 is 14.3 Å². The van der Waals surface area contributed by atoms with E-state index in [2.05, 4.69) is 26.2 Å². The van der Waals surface area contributed by atoms with Crippen molar-refractivity contribution in [3.63, 3.8) is 0 Å². The van der Waals surface area contributed by atoms with Crippen molar-refractivity contribution in [3.05, 3.63) is 28.5 Å². The van der Waals surface area contributed by atoms with Crippen LogP contribution in [-0.4, -0.2) is 44.4 Å². The number of unbranched alkanes of at least 4 members (excludes halogenated alkanes) is 1. The maximum atomic E-state index is 11.8. The van der Waals surface area contributed by atoms with Crippen molar-refractivity contribution in [1.82, 2.24) is 10.3 Å². The standard InChI is InChI=1S/C13H19BrN2O3/c1-18-9-10-19-8-3-2-6-16-13(17)12-11(14)5-4-7-15-12/h4-5,7H,2-3,6,8-10H2,1H3,(H,16,17). The molecule has 1 rings (SSSR count). The highest BCUT2D eigenvalue weighted by atomic mass is 79.9. The fourth-order valence-corrected chi connectivity index (χ4v) is 1.85. The summed E-state index contributed by atoms with van der Waals surface area (Å²) < 4.78 is 10.9. The highest BCUT2D eigenvalue weighted by molar-refractivity contribution is 9.10. The lowest BCUT2D eigenvalue weighted by Crippen LogP contribution is -2.25. The highest BCUT2D eigenvalue weighted by Gasteiger charge is 2.09. The number of methoxy groups -OCH3 is 1. The van der Waals surface area contributed by atoms with E-state index in [-0.39, 0.29) is 5.91 Å². The summed E-state index contributed by atoms with van der Waals surface area (Å²) in [6, 6.07) is 3.57. The molecule has 0 bridgehead atoms. The van der Waals surface area contributed by atoms with E-state index in [1.54, 1.807) is 25.4 Å². The molecule has 0 aliphatic heterocycles. The first kappa shape index (κ1) is 16.1. The van der Waals surface area contributed by atoms with Crippen molar-refractivity contribution in [2.24, 2.45) is 0 Å². The fraction of sp³-hybridized carbons (Fsp3) is 0.538. The van der Waals surface area contributed by atoms with E-state index in [0.717, 1.165) is 12.8 Å². The summed E-state index contributed by atoms with van der Waals surface area (Å²) in [7, 11) is 1.65. The van der Waals surface area contributed by atoms with Crippen molar-refractivity contribution in [2.75, 3.05) is 33.5 Å². The van der Waals surface area contributed by atoms with Gasteiger partial charge in [0.1, 0.15) is 5.69 Å². The Morgan fingerprint density at radius 1 is 1.37 bits per heavy atom. The maximum Gasteiger partial charge on any atom is 0.271 e. The van der Waals surface area contributed by atoms with Gasteiger partial charge in [0.2, 0.25) is 0 Å². The average Bonchev–Trinajstić information content (AvgIpc) is 2.42. The zero-order valence-electron chi connectivity index (χ0n) is 11.0. The summed E-state index contributed by atoms with van der Waals surface area (Å²) in [5.74, 6) is -0.159. The van der Waals surface area contributed by atoms with Gasteiger partial charge in [0, 0.05) is 30.9 Å². The van der Waals surface area contributed by atoms with Crippen LogP contribution in [-0.2, 0) is 9.47 Å². The number of rotatable bonds is 9. The fourth-order valence-electron chi connectivity index (χ4n) is 1.41.